The Morgan fingerprint density at radius 2 is 2.03 bits per heavy atom. The van der Waals surface area contributed by atoms with Gasteiger partial charge >= 0.3 is 0 Å². The summed E-state index contributed by atoms with van der Waals surface area (Å²) in [6.45, 7) is 2.14. The van der Waals surface area contributed by atoms with E-state index in [9.17, 15) is 9.18 Å². The fraction of sp³-hybridized carbons (Fsp3) is 0.435. The van der Waals surface area contributed by atoms with Crippen LogP contribution in [0.5, 0.6) is 0 Å². The van der Waals surface area contributed by atoms with Crippen LogP contribution in [0, 0.1) is 11.8 Å². The predicted molar refractivity (Wildman–Crippen MR) is 118 cm³/mol. The Bertz CT molecular complexity index is 1030. The molecular formula is C23H25FN4OS. The first-order valence-electron chi connectivity index (χ1n) is 10.6. The van der Waals surface area contributed by atoms with Gasteiger partial charge in [-0.25, -0.2) is 9.37 Å². The van der Waals surface area contributed by atoms with Crippen LogP contribution in [0.25, 0.3) is 21.2 Å². The normalized spacial score (nSPS) is 22.7. The van der Waals surface area contributed by atoms with Crippen LogP contribution in [0.2, 0.25) is 0 Å². The number of aromatic nitrogens is 2. The summed E-state index contributed by atoms with van der Waals surface area (Å²) in [5.41, 5.74) is 2.95. The highest BCUT2D eigenvalue weighted by Crippen LogP contribution is 2.33. The molecule has 156 valence electrons. The lowest BCUT2D eigenvalue weighted by Crippen LogP contribution is -2.50. The predicted octanol–water partition coefficient (Wildman–Crippen LogP) is 4.76. The summed E-state index contributed by atoms with van der Waals surface area (Å²) in [5, 5.41) is 5.07. The minimum absolute atomic E-state index is 0.0279. The van der Waals surface area contributed by atoms with Crippen LogP contribution in [0.15, 0.2) is 42.2 Å². The number of pyridine rings is 1. The molecule has 1 saturated carbocycles. The number of alkyl halides is 1. The third-order valence-electron chi connectivity index (χ3n) is 6.37. The van der Waals surface area contributed by atoms with Gasteiger partial charge in [0.2, 0.25) is 5.91 Å². The fourth-order valence-corrected chi connectivity index (χ4v) is 5.26. The number of halogens is 1. The fourth-order valence-electron chi connectivity index (χ4n) is 4.64. The largest absolute Gasteiger partial charge is 0.310 e. The molecule has 0 atom stereocenters. The van der Waals surface area contributed by atoms with E-state index >= 15 is 0 Å². The molecule has 30 heavy (non-hydrogen) atoms. The number of rotatable bonds is 5. The van der Waals surface area contributed by atoms with Gasteiger partial charge in [-0.05, 0) is 54.7 Å². The first-order valence-corrected chi connectivity index (χ1v) is 11.5. The topological polar surface area (TPSA) is 58.1 Å². The van der Waals surface area contributed by atoms with Crippen molar-refractivity contribution in [3.8, 4) is 10.4 Å². The van der Waals surface area contributed by atoms with Crippen LogP contribution in [0.1, 0.15) is 25.7 Å². The SMILES string of the molecule is O=C(Nc1nccc2cc(-c3cncs3)ccc12)C1CCC(CN2CC(F)C2)CC1. The summed E-state index contributed by atoms with van der Waals surface area (Å²) in [6.07, 6.45) is 6.83. The summed E-state index contributed by atoms with van der Waals surface area (Å²) in [6, 6.07) is 8.16. The second-order valence-corrected chi connectivity index (χ2v) is 9.37. The Hall–Kier alpha value is -2.38. The quantitative estimate of drug-likeness (QED) is 0.642. The number of nitrogens with zero attached hydrogens (tertiary/aromatic N) is 3. The van der Waals surface area contributed by atoms with Gasteiger partial charge in [0.15, 0.2) is 0 Å². The van der Waals surface area contributed by atoms with E-state index in [1.165, 1.54) is 0 Å². The Morgan fingerprint density at radius 1 is 1.20 bits per heavy atom. The van der Waals surface area contributed by atoms with Gasteiger partial charge in [-0.15, -0.1) is 11.3 Å². The van der Waals surface area contributed by atoms with Crippen molar-refractivity contribution in [3.05, 3.63) is 42.2 Å². The molecule has 1 saturated heterocycles. The average molecular weight is 425 g/mol. The standard InChI is InChI=1S/C23H25FN4OS/c24-19-12-28(13-19)11-15-1-3-16(4-2-15)23(29)27-22-20-6-5-18(21-10-25-14-30-21)9-17(20)7-8-26-22/h5-10,14-16,19H,1-4,11-13H2,(H,26,27,29). The molecule has 3 heterocycles. The third kappa shape index (κ3) is 4.09. The van der Waals surface area contributed by atoms with Crippen LogP contribution < -0.4 is 5.32 Å². The van der Waals surface area contributed by atoms with Gasteiger partial charge in [-0.2, -0.15) is 0 Å². The number of anilines is 1. The van der Waals surface area contributed by atoms with Crippen molar-refractivity contribution >= 4 is 33.8 Å². The Labute approximate surface area is 179 Å². The van der Waals surface area contributed by atoms with E-state index in [0.29, 0.717) is 24.8 Å². The number of carbonyl (C=O) groups excluding carboxylic acids is 1. The molecule has 1 aromatic carbocycles. The first-order chi connectivity index (χ1) is 14.7. The molecule has 2 fully saturated rings. The van der Waals surface area contributed by atoms with E-state index < -0.39 is 6.17 Å². The number of fused-ring (bicyclic) bond motifs is 1. The van der Waals surface area contributed by atoms with E-state index in [4.69, 9.17) is 0 Å². The number of benzene rings is 1. The van der Waals surface area contributed by atoms with Gasteiger partial charge in [-0.1, -0.05) is 12.1 Å². The van der Waals surface area contributed by atoms with E-state index in [2.05, 4.69) is 32.3 Å². The molecule has 1 aliphatic heterocycles. The van der Waals surface area contributed by atoms with E-state index in [1.807, 2.05) is 23.8 Å². The molecule has 1 aliphatic carbocycles. The zero-order valence-corrected chi connectivity index (χ0v) is 17.6. The van der Waals surface area contributed by atoms with Gasteiger partial charge in [0, 0.05) is 43.3 Å². The van der Waals surface area contributed by atoms with Gasteiger partial charge in [0.1, 0.15) is 12.0 Å². The minimum atomic E-state index is -0.640. The number of carbonyl (C=O) groups is 1. The molecule has 0 spiro atoms. The average Bonchev–Trinajstić information content (AvgIpc) is 3.28. The number of nitrogens with one attached hydrogen (secondary N) is 1. The van der Waals surface area contributed by atoms with Gasteiger partial charge in [0.05, 0.1) is 10.4 Å². The molecule has 7 heteroatoms. The van der Waals surface area contributed by atoms with Crippen molar-refractivity contribution in [2.45, 2.75) is 31.9 Å². The van der Waals surface area contributed by atoms with Crippen LogP contribution in [0.3, 0.4) is 0 Å². The number of thiazole rings is 1. The molecular weight excluding hydrogens is 399 g/mol. The molecule has 5 nitrogen and oxygen atoms in total. The van der Waals surface area contributed by atoms with E-state index in [0.717, 1.165) is 53.4 Å². The maximum absolute atomic E-state index is 13.0. The van der Waals surface area contributed by atoms with E-state index in [1.54, 1.807) is 17.5 Å². The Balaban J connectivity index is 1.23. The number of amides is 1. The molecule has 5 rings (SSSR count). The van der Waals surface area contributed by atoms with Crippen molar-refractivity contribution in [1.82, 2.24) is 14.9 Å². The monoisotopic (exact) mass is 424 g/mol. The summed E-state index contributed by atoms with van der Waals surface area (Å²) in [5.74, 6) is 1.31. The Morgan fingerprint density at radius 3 is 2.77 bits per heavy atom. The zero-order chi connectivity index (χ0) is 20.5. The maximum atomic E-state index is 13.0. The molecule has 1 amide bonds. The zero-order valence-electron chi connectivity index (χ0n) is 16.8. The van der Waals surface area contributed by atoms with E-state index in [-0.39, 0.29) is 11.8 Å². The molecule has 0 unspecified atom stereocenters. The summed E-state index contributed by atoms with van der Waals surface area (Å²) in [7, 11) is 0. The maximum Gasteiger partial charge on any atom is 0.228 e. The smallest absolute Gasteiger partial charge is 0.228 e. The van der Waals surface area contributed by atoms with Crippen LogP contribution in [-0.2, 0) is 4.79 Å². The second kappa shape index (κ2) is 8.40. The van der Waals surface area contributed by atoms with Crippen LogP contribution in [0.4, 0.5) is 10.2 Å². The molecule has 0 bridgehead atoms. The van der Waals surface area contributed by atoms with Crippen LogP contribution >= 0.6 is 11.3 Å². The van der Waals surface area contributed by atoms with Crippen molar-refractivity contribution in [1.29, 1.82) is 0 Å². The second-order valence-electron chi connectivity index (χ2n) is 8.48. The van der Waals surface area contributed by atoms with Crippen molar-refractivity contribution in [3.63, 3.8) is 0 Å². The molecule has 0 radical (unpaired) electrons. The number of likely N-dealkylation sites (tertiary alicyclic amines) is 1. The lowest BCUT2D eigenvalue weighted by molar-refractivity contribution is -0.121. The Kier molecular flexibility index (Phi) is 5.48. The van der Waals surface area contributed by atoms with Crippen molar-refractivity contribution < 1.29 is 9.18 Å². The lowest BCUT2D eigenvalue weighted by atomic mass is 9.81. The number of hydrogen-bond acceptors (Lipinski definition) is 5. The van der Waals surface area contributed by atoms with Crippen LogP contribution in [-0.4, -0.2) is 46.6 Å². The summed E-state index contributed by atoms with van der Waals surface area (Å²) >= 11 is 1.61. The molecule has 2 aromatic heterocycles. The highest BCUT2D eigenvalue weighted by atomic mass is 32.1. The van der Waals surface area contributed by atoms with Gasteiger partial charge in [0.25, 0.3) is 0 Å². The van der Waals surface area contributed by atoms with Gasteiger partial charge < -0.3 is 5.32 Å². The molecule has 1 N–H and O–H groups in total. The summed E-state index contributed by atoms with van der Waals surface area (Å²) in [4.78, 5) is 24.8. The number of hydrogen-bond donors (Lipinski definition) is 1. The van der Waals surface area contributed by atoms with Gasteiger partial charge in [-0.3, -0.25) is 14.7 Å². The van der Waals surface area contributed by atoms with Crippen molar-refractivity contribution in [2.24, 2.45) is 11.8 Å². The van der Waals surface area contributed by atoms with Crippen molar-refractivity contribution in [2.75, 3.05) is 25.0 Å². The lowest BCUT2D eigenvalue weighted by Gasteiger charge is -2.38. The first kappa shape index (κ1) is 19.6. The molecule has 2 aliphatic rings. The molecule has 3 aromatic rings. The highest BCUT2D eigenvalue weighted by Gasteiger charge is 2.31. The highest BCUT2D eigenvalue weighted by molar-refractivity contribution is 7.13. The summed E-state index contributed by atoms with van der Waals surface area (Å²) < 4.78 is 13.0. The third-order valence-corrected chi connectivity index (χ3v) is 7.19. The minimum Gasteiger partial charge on any atom is -0.310 e.